The molecule has 1 N–H and O–H groups in total. The van der Waals surface area contributed by atoms with Crippen LogP contribution in [0.4, 0.5) is 17.6 Å². The molecular weight excluding hydrogens is 380 g/mol. The normalized spacial score (nSPS) is 12.1. The van der Waals surface area contributed by atoms with Gasteiger partial charge >= 0.3 is 15.6 Å². The van der Waals surface area contributed by atoms with Gasteiger partial charge in [0.25, 0.3) is 0 Å². The summed E-state index contributed by atoms with van der Waals surface area (Å²) in [6, 6.07) is 6.84. The highest BCUT2D eigenvalue weighted by Gasteiger charge is 2.49. The van der Waals surface area contributed by atoms with Gasteiger partial charge in [-0.1, -0.05) is 12.1 Å². The summed E-state index contributed by atoms with van der Waals surface area (Å²) in [4.78, 5) is 0. The van der Waals surface area contributed by atoms with Crippen molar-refractivity contribution in [2.45, 2.75) is 19.0 Å². The Morgan fingerprint density at radius 1 is 1.08 bits per heavy atom. The summed E-state index contributed by atoms with van der Waals surface area (Å²) < 4.78 is 83.7. The molecule has 142 valence electrons. The van der Waals surface area contributed by atoms with Crippen molar-refractivity contribution >= 4 is 10.1 Å². The van der Waals surface area contributed by atoms with E-state index in [4.69, 9.17) is 4.74 Å². The molecule has 0 spiro atoms. The van der Waals surface area contributed by atoms with Crippen molar-refractivity contribution < 1.29 is 40.0 Å². The van der Waals surface area contributed by atoms with Crippen molar-refractivity contribution in [2.24, 2.45) is 0 Å². The predicted octanol–water partition coefficient (Wildman–Crippen LogP) is 3.61. The van der Waals surface area contributed by atoms with Crippen LogP contribution < -0.4 is 8.92 Å². The fourth-order valence-corrected chi connectivity index (χ4v) is 2.60. The Labute approximate surface area is 146 Å². The zero-order chi connectivity index (χ0) is 19.5. The molecular formula is C16H14F4O5S. The van der Waals surface area contributed by atoms with Crippen LogP contribution in [0.15, 0.2) is 36.4 Å². The predicted molar refractivity (Wildman–Crippen MR) is 84.5 cm³/mol. The summed E-state index contributed by atoms with van der Waals surface area (Å²) in [5, 5.41) is 9.28. The second kappa shape index (κ2) is 7.50. The number of aliphatic hydroxyl groups excluding tert-OH is 1. The van der Waals surface area contributed by atoms with E-state index in [0.29, 0.717) is 0 Å². The molecule has 0 radical (unpaired) electrons. The van der Waals surface area contributed by atoms with Crippen molar-refractivity contribution in [1.82, 2.24) is 0 Å². The number of halogens is 4. The van der Waals surface area contributed by atoms with E-state index < -0.39 is 33.8 Å². The van der Waals surface area contributed by atoms with E-state index >= 15 is 0 Å². The fourth-order valence-electron chi connectivity index (χ4n) is 2.14. The largest absolute Gasteiger partial charge is 0.534 e. The van der Waals surface area contributed by atoms with Crippen LogP contribution in [0, 0.1) is 5.82 Å². The van der Waals surface area contributed by atoms with Gasteiger partial charge in [-0.15, -0.1) is 0 Å². The summed E-state index contributed by atoms with van der Waals surface area (Å²) >= 11 is 0. The molecule has 0 unspecified atom stereocenters. The van der Waals surface area contributed by atoms with Gasteiger partial charge < -0.3 is 14.0 Å². The van der Waals surface area contributed by atoms with Crippen LogP contribution in [-0.2, 0) is 16.7 Å². The van der Waals surface area contributed by atoms with Crippen LogP contribution in [-0.4, -0.2) is 25.6 Å². The lowest BCUT2D eigenvalue weighted by atomic mass is 10.0. The Morgan fingerprint density at radius 3 is 2.15 bits per heavy atom. The number of rotatable bonds is 6. The Hall–Kier alpha value is -2.33. The minimum absolute atomic E-state index is 0.0157. The maximum Gasteiger partial charge on any atom is 0.534 e. The van der Waals surface area contributed by atoms with Crippen LogP contribution in [0.1, 0.15) is 12.5 Å². The highest BCUT2D eigenvalue weighted by atomic mass is 32.2. The molecule has 0 aromatic heterocycles. The molecule has 0 atom stereocenters. The van der Waals surface area contributed by atoms with Gasteiger partial charge in [0.15, 0.2) is 5.75 Å². The van der Waals surface area contributed by atoms with Crippen LogP contribution in [0.5, 0.6) is 11.5 Å². The van der Waals surface area contributed by atoms with Crippen LogP contribution in [0.3, 0.4) is 0 Å². The molecule has 0 aliphatic heterocycles. The fraction of sp³-hybridized carbons (Fsp3) is 0.250. The number of ether oxygens (including phenoxy) is 1. The van der Waals surface area contributed by atoms with Crippen molar-refractivity contribution in [3.8, 4) is 22.6 Å². The molecule has 26 heavy (non-hydrogen) atoms. The Bertz CT molecular complexity index is 877. The second-order valence-electron chi connectivity index (χ2n) is 5.05. The minimum Gasteiger partial charge on any atom is -0.493 e. The quantitative estimate of drug-likeness (QED) is 0.460. The highest BCUT2D eigenvalue weighted by molar-refractivity contribution is 7.88. The number of aliphatic hydroxyl groups is 1. The molecule has 0 aliphatic rings. The van der Waals surface area contributed by atoms with Crippen molar-refractivity contribution in [2.75, 3.05) is 6.61 Å². The van der Waals surface area contributed by atoms with Gasteiger partial charge in [-0.25, -0.2) is 4.39 Å². The van der Waals surface area contributed by atoms with Crippen LogP contribution >= 0.6 is 0 Å². The molecule has 0 fully saturated rings. The van der Waals surface area contributed by atoms with E-state index in [-0.39, 0.29) is 29.0 Å². The van der Waals surface area contributed by atoms with Gasteiger partial charge in [0.2, 0.25) is 0 Å². The van der Waals surface area contributed by atoms with Crippen molar-refractivity contribution in [3.05, 3.63) is 47.8 Å². The van der Waals surface area contributed by atoms with Gasteiger partial charge in [-0.2, -0.15) is 21.6 Å². The molecule has 0 saturated heterocycles. The highest BCUT2D eigenvalue weighted by Crippen LogP contribution is 2.42. The summed E-state index contributed by atoms with van der Waals surface area (Å²) in [5.41, 5.74) is -5.51. The van der Waals surface area contributed by atoms with E-state index in [9.17, 15) is 31.1 Å². The van der Waals surface area contributed by atoms with E-state index in [1.165, 1.54) is 18.2 Å². The number of alkyl halides is 3. The van der Waals surface area contributed by atoms with Gasteiger partial charge in [0.1, 0.15) is 11.6 Å². The van der Waals surface area contributed by atoms with Gasteiger partial charge in [-0.3, -0.25) is 0 Å². The van der Waals surface area contributed by atoms with Crippen molar-refractivity contribution in [1.29, 1.82) is 0 Å². The monoisotopic (exact) mass is 394 g/mol. The first kappa shape index (κ1) is 20.0. The average Bonchev–Trinajstić information content (AvgIpc) is 2.54. The third kappa shape index (κ3) is 4.25. The lowest BCUT2D eigenvalue weighted by Gasteiger charge is -2.18. The lowest BCUT2D eigenvalue weighted by molar-refractivity contribution is -0.0499. The summed E-state index contributed by atoms with van der Waals surface area (Å²) in [6.45, 7) is 1.12. The summed E-state index contributed by atoms with van der Waals surface area (Å²) in [7, 11) is -5.96. The standard InChI is InChI=1S/C16H14F4O5S/c1-2-24-13-7-10(9-21)8-14(25-26(22,23)16(18,19)20)15(13)11-3-5-12(17)6-4-11/h3-8,21H,2,9H2,1H3. The average molecular weight is 394 g/mol. The first-order valence-corrected chi connectivity index (χ1v) is 8.67. The Balaban J connectivity index is 2.71. The van der Waals surface area contributed by atoms with E-state index in [2.05, 4.69) is 4.18 Å². The molecule has 2 aromatic rings. The first-order chi connectivity index (χ1) is 12.1. The maximum absolute atomic E-state index is 13.2. The molecule has 10 heteroatoms. The van der Waals surface area contributed by atoms with Crippen LogP contribution in [0.2, 0.25) is 0 Å². The molecule has 0 aliphatic carbocycles. The minimum atomic E-state index is -5.96. The number of hydrogen-bond acceptors (Lipinski definition) is 5. The zero-order valence-corrected chi connectivity index (χ0v) is 14.2. The third-order valence-corrected chi connectivity index (χ3v) is 4.19. The molecule has 0 bridgehead atoms. The smallest absolute Gasteiger partial charge is 0.493 e. The maximum atomic E-state index is 13.2. The number of hydrogen-bond donors (Lipinski definition) is 1. The van der Waals surface area contributed by atoms with Gasteiger partial charge in [0, 0.05) is 0 Å². The SMILES string of the molecule is CCOc1cc(CO)cc(OS(=O)(=O)C(F)(F)F)c1-c1ccc(F)cc1. The molecule has 0 saturated carbocycles. The lowest BCUT2D eigenvalue weighted by Crippen LogP contribution is -2.28. The zero-order valence-electron chi connectivity index (χ0n) is 13.4. The molecule has 5 nitrogen and oxygen atoms in total. The molecule has 2 aromatic carbocycles. The molecule has 0 heterocycles. The van der Waals surface area contributed by atoms with E-state index in [0.717, 1.165) is 18.2 Å². The van der Waals surface area contributed by atoms with Gasteiger partial charge in [0.05, 0.1) is 18.8 Å². The Kier molecular flexibility index (Phi) is 5.77. The molecule has 0 amide bonds. The Morgan fingerprint density at radius 2 is 1.65 bits per heavy atom. The van der Waals surface area contributed by atoms with E-state index in [1.54, 1.807) is 6.92 Å². The van der Waals surface area contributed by atoms with Gasteiger partial charge in [-0.05, 0) is 42.3 Å². The van der Waals surface area contributed by atoms with E-state index in [1.807, 2.05) is 0 Å². The van der Waals surface area contributed by atoms with Crippen molar-refractivity contribution in [3.63, 3.8) is 0 Å². The van der Waals surface area contributed by atoms with Crippen LogP contribution in [0.25, 0.3) is 11.1 Å². The second-order valence-corrected chi connectivity index (χ2v) is 6.59. The summed E-state index contributed by atoms with van der Waals surface area (Å²) in [6.07, 6.45) is 0. The topological polar surface area (TPSA) is 72.8 Å². The first-order valence-electron chi connectivity index (χ1n) is 7.26. The summed E-state index contributed by atoms with van der Waals surface area (Å²) in [5.74, 6) is -1.30. The third-order valence-electron chi connectivity index (χ3n) is 3.22. The number of benzene rings is 2. The molecule has 2 rings (SSSR count).